The molecule has 15 heavy (non-hydrogen) atoms. The van der Waals surface area contributed by atoms with E-state index in [-0.39, 0.29) is 11.9 Å². The van der Waals surface area contributed by atoms with E-state index in [0.717, 1.165) is 5.69 Å². The molecule has 4 nitrogen and oxygen atoms in total. The second-order valence-electron chi connectivity index (χ2n) is 3.04. The molecule has 0 spiro atoms. The van der Waals surface area contributed by atoms with E-state index in [1.807, 2.05) is 6.92 Å². The van der Waals surface area contributed by atoms with Gasteiger partial charge >= 0.3 is 0 Å². The van der Waals surface area contributed by atoms with E-state index < -0.39 is 0 Å². The third-order valence-corrected chi connectivity index (χ3v) is 1.85. The van der Waals surface area contributed by atoms with Crippen molar-refractivity contribution in [2.75, 3.05) is 12.4 Å². The first kappa shape index (κ1) is 11.1. The summed E-state index contributed by atoms with van der Waals surface area (Å²) in [7, 11) is 1.56. The molecule has 78 valence electrons. The largest absolute Gasteiger partial charge is 0.372 e. The summed E-state index contributed by atoms with van der Waals surface area (Å²) >= 11 is 0. The van der Waals surface area contributed by atoms with Crippen molar-refractivity contribution in [3.8, 4) is 12.3 Å². The average Bonchev–Trinajstić information content (AvgIpc) is 2.28. The first-order valence-corrected chi connectivity index (χ1v) is 4.58. The Morgan fingerprint density at radius 1 is 1.67 bits per heavy atom. The molecule has 0 saturated carbocycles. The Kier molecular flexibility index (Phi) is 3.69. The fourth-order valence-electron chi connectivity index (χ4n) is 1.06. The number of carbonyl (C=O) groups is 1. The minimum atomic E-state index is -0.216. The number of hydrogen-bond acceptors (Lipinski definition) is 3. The van der Waals surface area contributed by atoms with Crippen LogP contribution in [0, 0.1) is 12.3 Å². The summed E-state index contributed by atoms with van der Waals surface area (Å²) in [5.41, 5.74) is 1.15. The van der Waals surface area contributed by atoms with Gasteiger partial charge in [-0.1, -0.05) is 5.92 Å². The van der Waals surface area contributed by atoms with E-state index in [0.29, 0.717) is 5.69 Å². The molecule has 1 aromatic heterocycles. The molecule has 1 aromatic rings. The van der Waals surface area contributed by atoms with Crippen LogP contribution in [0.25, 0.3) is 0 Å². The maximum absolute atomic E-state index is 11.3. The van der Waals surface area contributed by atoms with Gasteiger partial charge in [-0.3, -0.25) is 9.78 Å². The molecule has 0 fully saturated rings. The van der Waals surface area contributed by atoms with Crippen molar-refractivity contribution in [3.63, 3.8) is 0 Å². The Balaban J connectivity index is 2.84. The molecule has 1 heterocycles. The van der Waals surface area contributed by atoms with Gasteiger partial charge in [-0.15, -0.1) is 6.42 Å². The van der Waals surface area contributed by atoms with E-state index in [1.54, 1.807) is 25.4 Å². The standard InChI is InChI=1S/C11H13N3O/c1-4-8(2)14-9-5-6-13-10(7-9)11(15)12-3/h1,5-8H,2-3H3,(H,12,15)(H,13,14). The Morgan fingerprint density at radius 3 is 3.00 bits per heavy atom. The zero-order valence-electron chi connectivity index (χ0n) is 8.74. The molecule has 0 aliphatic heterocycles. The van der Waals surface area contributed by atoms with Crippen LogP contribution in [0.3, 0.4) is 0 Å². The lowest BCUT2D eigenvalue weighted by atomic mass is 10.2. The second-order valence-corrected chi connectivity index (χ2v) is 3.04. The lowest BCUT2D eigenvalue weighted by molar-refractivity contribution is 0.0958. The summed E-state index contributed by atoms with van der Waals surface area (Å²) in [6.45, 7) is 1.86. The second kappa shape index (κ2) is 5.01. The molecule has 1 amide bonds. The number of rotatable bonds is 3. The normalized spacial score (nSPS) is 11.3. The Hall–Kier alpha value is -2.02. The highest BCUT2D eigenvalue weighted by atomic mass is 16.1. The number of nitrogens with zero attached hydrogens (tertiary/aromatic N) is 1. The fourth-order valence-corrected chi connectivity index (χ4v) is 1.06. The van der Waals surface area contributed by atoms with Gasteiger partial charge in [0.2, 0.25) is 0 Å². The van der Waals surface area contributed by atoms with Crippen molar-refractivity contribution < 1.29 is 4.79 Å². The lowest BCUT2D eigenvalue weighted by Crippen LogP contribution is -2.20. The van der Waals surface area contributed by atoms with Crippen molar-refractivity contribution in [2.24, 2.45) is 0 Å². The van der Waals surface area contributed by atoms with Gasteiger partial charge in [0.1, 0.15) is 5.69 Å². The van der Waals surface area contributed by atoms with Crippen molar-refractivity contribution in [1.82, 2.24) is 10.3 Å². The number of terminal acetylenes is 1. The zero-order valence-corrected chi connectivity index (χ0v) is 8.74. The van der Waals surface area contributed by atoms with Gasteiger partial charge in [0.25, 0.3) is 5.91 Å². The Labute approximate surface area is 89.1 Å². The minimum absolute atomic E-state index is 0.0788. The first-order valence-electron chi connectivity index (χ1n) is 4.58. The van der Waals surface area contributed by atoms with Crippen LogP contribution in [0.4, 0.5) is 5.69 Å². The SMILES string of the molecule is C#CC(C)Nc1ccnc(C(=O)NC)c1. The third kappa shape index (κ3) is 2.99. The maximum atomic E-state index is 11.3. The van der Waals surface area contributed by atoms with Crippen LogP contribution in [0.15, 0.2) is 18.3 Å². The molecule has 0 aromatic carbocycles. The monoisotopic (exact) mass is 203 g/mol. The van der Waals surface area contributed by atoms with E-state index >= 15 is 0 Å². The van der Waals surface area contributed by atoms with Crippen molar-refractivity contribution in [2.45, 2.75) is 13.0 Å². The van der Waals surface area contributed by atoms with Gasteiger partial charge in [0, 0.05) is 18.9 Å². The number of pyridine rings is 1. The summed E-state index contributed by atoms with van der Waals surface area (Å²) in [6.07, 6.45) is 6.80. The van der Waals surface area contributed by atoms with Crippen molar-refractivity contribution >= 4 is 11.6 Å². The van der Waals surface area contributed by atoms with Crippen molar-refractivity contribution in [3.05, 3.63) is 24.0 Å². The highest BCUT2D eigenvalue weighted by Crippen LogP contribution is 2.08. The number of nitrogens with one attached hydrogen (secondary N) is 2. The molecule has 0 radical (unpaired) electrons. The van der Waals surface area contributed by atoms with E-state index in [2.05, 4.69) is 21.5 Å². The van der Waals surface area contributed by atoms with E-state index in [4.69, 9.17) is 6.42 Å². The highest BCUT2D eigenvalue weighted by molar-refractivity contribution is 5.92. The molecule has 0 aliphatic rings. The van der Waals surface area contributed by atoms with Crippen molar-refractivity contribution in [1.29, 1.82) is 0 Å². The summed E-state index contributed by atoms with van der Waals surface area (Å²) in [5.74, 6) is 2.33. The molecular weight excluding hydrogens is 190 g/mol. The Bertz CT molecular complexity index is 395. The van der Waals surface area contributed by atoms with Gasteiger partial charge in [-0.05, 0) is 19.1 Å². The third-order valence-electron chi connectivity index (χ3n) is 1.85. The summed E-state index contributed by atoms with van der Waals surface area (Å²) < 4.78 is 0. The zero-order chi connectivity index (χ0) is 11.3. The van der Waals surface area contributed by atoms with Crippen LogP contribution in [0.1, 0.15) is 17.4 Å². The molecule has 4 heteroatoms. The molecular formula is C11H13N3O. The lowest BCUT2D eigenvalue weighted by Gasteiger charge is -2.09. The quantitative estimate of drug-likeness (QED) is 0.717. The Morgan fingerprint density at radius 2 is 2.40 bits per heavy atom. The van der Waals surface area contributed by atoms with E-state index in [1.165, 1.54) is 0 Å². The van der Waals surface area contributed by atoms with E-state index in [9.17, 15) is 4.79 Å². The van der Waals surface area contributed by atoms with Gasteiger partial charge < -0.3 is 10.6 Å². The topological polar surface area (TPSA) is 54.0 Å². The molecule has 1 rings (SSSR count). The molecule has 0 bridgehead atoms. The number of anilines is 1. The first-order chi connectivity index (χ1) is 7.17. The molecule has 0 aliphatic carbocycles. The predicted octanol–water partition coefficient (Wildman–Crippen LogP) is 0.875. The number of hydrogen-bond donors (Lipinski definition) is 2. The number of carbonyl (C=O) groups excluding carboxylic acids is 1. The van der Waals surface area contributed by atoms with Gasteiger partial charge in [-0.25, -0.2) is 0 Å². The number of amides is 1. The summed E-state index contributed by atoms with van der Waals surface area (Å²) in [4.78, 5) is 15.2. The summed E-state index contributed by atoms with van der Waals surface area (Å²) in [6, 6.07) is 3.34. The van der Waals surface area contributed by atoms with Crippen LogP contribution in [-0.2, 0) is 0 Å². The highest BCUT2D eigenvalue weighted by Gasteiger charge is 2.05. The van der Waals surface area contributed by atoms with Crippen LogP contribution >= 0.6 is 0 Å². The minimum Gasteiger partial charge on any atom is -0.372 e. The molecule has 2 N–H and O–H groups in total. The summed E-state index contributed by atoms with van der Waals surface area (Å²) in [5, 5.41) is 5.56. The van der Waals surface area contributed by atoms with Gasteiger partial charge in [0.05, 0.1) is 6.04 Å². The van der Waals surface area contributed by atoms with Crippen LogP contribution in [0.5, 0.6) is 0 Å². The van der Waals surface area contributed by atoms with Gasteiger partial charge in [-0.2, -0.15) is 0 Å². The molecule has 1 unspecified atom stereocenters. The predicted molar refractivity (Wildman–Crippen MR) is 59.5 cm³/mol. The van der Waals surface area contributed by atoms with Crippen LogP contribution < -0.4 is 10.6 Å². The molecule has 0 saturated heterocycles. The smallest absolute Gasteiger partial charge is 0.269 e. The maximum Gasteiger partial charge on any atom is 0.269 e. The van der Waals surface area contributed by atoms with Gasteiger partial charge in [0.15, 0.2) is 0 Å². The fraction of sp³-hybridized carbons (Fsp3) is 0.273. The van der Waals surface area contributed by atoms with Crippen LogP contribution in [-0.4, -0.2) is 24.0 Å². The number of aromatic nitrogens is 1. The average molecular weight is 203 g/mol. The van der Waals surface area contributed by atoms with Crippen LogP contribution in [0.2, 0.25) is 0 Å². The molecule has 1 atom stereocenters.